The van der Waals surface area contributed by atoms with E-state index in [2.05, 4.69) is 5.09 Å². The van der Waals surface area contributed by atoms with Gasteiger partial charge in [0.15, 0.2) is 0 Å². The number of rotatable bonds is 4. The zero-order chi connectivity index (χ0) is 11.6. The van der Waals surface area contributed by atoms with Gasteiger partial charge < -0.3 is 9.42 Å². The highest BCUT2D eigenvalue weighted by molar-refractivity contribution is 8.08. The lowest BCUT2D eigenvalue weighted by Crippen LogP contribution is -2.21. The predicted molar refractivity (Wildman–Crippen MR) is 69.2 cm³/mol. The monoisotopic (exact) mass is 265 g/mol. The van der Waals surface area contributed by atoms with Crippen LogP contribution in [0.4, 0.5) is 0 Å². The molecule has 0 saturated carbocycles. The second-order valence-electron chi connectivity index (χ2n) is 3.70. The lowest BCUT2D eigenvalue weighted by molar-refractivity contribution is 0.454. The third-order valence-corrected chi connectivity index (χ3v) is 4.55. The summed E-state index contributed by atoms with van der Waals surface area (Å²) in [7, 11) is 0. The molecule has 1 aromatic rings. The highest BCUT2D eigenvalue weighted by Crippen LogP contribution is 2.43. The van der Waals surface area contributed by atoms with E-state index in [1.54, 1.807) is 11.3 Å². The van der Waals surface area contributed by atoms with Crippen LogP contribution in [0.15, 0.2) is 5.38 Å². The Morgan fingerprint density at radius 1 is 1.53 bits per heavy atom. The van der Waals surface area contributed by atoms with E-state index in [1.807, 2.05) is 33.1 Å². The van der Waals surface area contributed by atoms with Crippen molar-refractivity contribution in [2.75, 3.05) is 0 Å². The van der Waals surface area contributed by atoms with E-state index in [0.717, 1.165) is 16.2 Å². The molecule has 0 aromatic carbocycles. The first-order valence-electron chi connectivity index (χ1n) is 4.66. The van der Waals surface area contributed by atoms with Gasteiger partial charge in [0.05, 0.1) is 0 Å². The highest BCUT2D eigenvalue weighted by atomic mass is 32.5. The van der Waals surface area contributed by atoms with E-state index in [0.29, 0.717) is 0 Å². The highest BCUT2D eigenvalue weighted by Gasteiger charge is 2.19. The average molecular weight is 265 g/mol. The van der Waals surface area contributed by atoms with Crippen molar-refractivity contribution in [1.29, 1.82) is 0 Å². The van der Waals surface area contributed by atoms with Crippen molar-refractivity contribution in [1.82, 2.24) is 5.09 Å². The first-order valence-corrected chi connectivity index (χ1v) is 8.22. The molecule has 0 aliphatic rings. The topological polar surface area (TPSA) is 41.5 Å². The lowest BCUT2D eigenvalue weighted by atomic mass is 10.3. The van der Waals surface area contributed by atoms with Crippen molar-refractivity contribution in [2.45, 2.75) is 33.7 Å². The first kappa shape index (κ1) is 13.1. The number of aryl methyl sites for hydroxylation is 2. The van der Waals surface area contributed by atoms with Crippen molar-refractivity contribution in [3.63, 3.8) is 0 Å². The minimum absolute atomic E-state index is 0.111. The maximum Gasteiger partial charge on any atom is 0.310 e. The minimum Gasteiger partial charge on any atom is -0.431 e. The molecule has 0 radical (unpaired) electrons. The third-order valence-electron chi connectivity index (χ3n) is 1.73. The van der Waals surface area contributed by atoms with Crippen molar-refractivity contribution in [2.24, 2.45) is 0 Å². The number of hydrogen-bond donors (Lipinski definition) is 2. The Kier molecular flexibility index (Phi) is 4.32. The molecular weight excluding hydrogens is 249 g/mol. The summed E-state index contributed by atoms with van der Waals surface area (Å²) >= 11 is 6.62. The van der Waals surface area contributed by atoms with Crippen LogP contribution in [0.2, 0.25) is 0 Å². The van der Waals surface area contributed by atoms with Crippen molar-refractivity contribution in [3.8, 4) is 5.75 Å². The largest absolute Gasteiger partial charge is 0.431 e. The molecule has 0 aliphatic carbocycles. The SMILES string of the molecule is Cc1csc(C)c1OP(O)(=S)NC(C)C. The number of nitrogens with one attached hydrogen (secondary N) is 1. The molecule has 0 bridgehead atoms. The van der Waals surface area contributed by atoms with Crippen molar-refractivity contribution >= 4 is 29.8 Å². The van der Waals surface area contributed by atoms with Gasteiger partial charge in [0.1, 0.15) is 5.75 Å². The summed E-state index contributed by atoms with van der Waals surface area (Å²) in [6.07, 6.45) is 0. The number of thiophene rings is 1. The van der Waals surface area contributed by atoms with Crippen molar-refractivity contribution in [3.05, 3.63) is 15.8 Å². The number of hydrogen-bond acceptors (Lipinski definition) is 3. The normalized spacial score (nSPS) is 15.3. The minimum atomic E-state index is -2.90. The quantitative estimate of drug-likeness (QED) is 0.821. The molecule has 0 fully saturated rings. The summed E-state index contributed by atoms with van der Waals surface area (Å²) in [5.41, 5.74) is 1.02. The van der Waals surface area contributed by atoms with Crippen LogP contribution >= 0.6 is 18.0 Å². The zero-order valence-electron chi connectivity index (χ0n) is 9.27. The van der Waals surface area contributed by atoms with Crippen LogP contribution in [0.25, 0.3) is 0 Å². The van der Waals surface area contributed by atoms with Crippen LogP contribution < -0.4 is 9.61 Å². The Hall–Kier alpha value is 0.0700. The van der Waals surface area contributed by atoms with Gasteiger partial charge in [0.2, 0.25) is 0 Å². The molecule has 1 aromatic heterocycles. The van der Waals surface area contributed by atoms with Crippen LogP contribution in [0.5, 0.6) is 5.75 Å². The maximum atomic E-state index is 9.90. The van der Waals surface area contributed by atoms with Gasteiger partial charge in [-0.05, 0) is 44.9 Å². The second-order valence-corrected chi connectivity index (χ2v) is 7.75. The Bertz CT molecular complexity index is 370. The van der Waals surface area contributed by atoms with Gasteiger partial charge >= 0.3 is 6.64 Å². The summed E-state index contributed by atoms with van der Waals surface area (Å²) in [6, 6.07) is 0.111. The molecule has 1 atom stereocenters. The van der Waals surface area contributed by atoms with Crippen LogP contribution in [-0.2, 0) is 11.8 Å². The smallest absolute Gasteiger partial charge is 0.310 e. The van der Waals surface area contributed by atoms with Gasteiger partial charge in [-0.1, -0.05) is 0 Å². The lowest BCUT2D eigenvalue weighted by Gasteiger charge is -2.20. The summed E-state index contributed by atoms with van der Waals surface area (Å²) in [6.45, 7) is 4.85. The molecule has 0 amide bonds. The Balaban J connectivity index is 2.81. The predicted octanol–water partition coefficient (Wildman–Crippen LogP) is 2.96. The fourth-order valence-electron chi connectivity index (χ4n) is 1.17. The summed E-state index contributed by atoms with van der Waals surface area (Å²) in [5.74, 6) is 0.721. The molecule has 0 spiro atoms. The maximum absolute atomic E-state index is 9.90. The molecule has 2 N–H and O–H groups in total. The van der Waals surface area contributed by atoms with Crippen LogP contribution in [0.1, 0.15) is 24.3 Å². The van der Waals surface area contributed by atoms with E-state index in [-0.39, 0.29) is 6.04 Å². The van der Waals surface area contributed by atoms with Gasteiger partial charge in [-0.15, -0.1) is 11.3 Å². The van der Waals surface area contributed by atoms with Gasteiger partial charge in [0, 0.05) is 16.5 Å². The summed E-state index contributed by atoms with van der Waals surface area (Å²) in [4.78, 5) is 10.9. The molecule has 6 heteroatoms. The molecule has 86 valence electrons. The fourth-order valence-corrected chi connectivity index (χ4v) is 4.10. The van der Waals surface area contributed by atoms with E-state index in [1.165, 1.54) is 0 Å². The van der Waals surface area contributed by atoms with Crippen LogP contribution in [-0.4, -0.2) is 10.9 Å². The van der Waals surface area contributed by atoms with Gasteiger partial charge in [-0.3, -0.25) is 0 Å². The Morgan fingerprint density at radius 3 is 2.53 bits per heavy atom. The molecule has 0 aliphatic heterocycles. The summed E-state index contributed by atoms with van der Waals surface area (Å²) < 4.78 is 5.50. The molecule has 15 heavy (non-hydrogen) atoms. The average Bonchev–Trinajstić information content (AvgIpc) is 2.33. The van der Waals surface area contributed by atoms with Crippen molar-refractivity contribution < 1.29 is 9.42 Å². The van der Waals surface area contributed by atoms with Gasteiger partial charge in [0.25, 0.3) is 0 Å². The first-order chi connectivity index (χ1) is 6.82. The standard InChI is InChI=1S/C9H16NO2PS2/c1-6(2)10-13(11,14)12-9-7(3)5-15-8(9)4/h5-6H,1-4H3,(H2,10,11,14). The van der Waals surface area contributed by atoms with E-state index < -0.39 is 6.64 Å². The summed E-state index contributed by atoms with van der Waals surface area (Å²) in [5, 5.41) is 4.87. The third kappa shape index (κ3) is 3.85. The van der Waals surface area contributed by atoms with E-state index in [4.69, 9.17) is 16.3 Å². The Morgan fingerprint density at radius 2 is 2.13 bits per heavy atom. The van der Waals surface area contributed by atoms with Gasteiger partial charge in [-0.25, -0.2) is 5.09 Å². The van der Waals surface area contributed by atoms with Gasteiger partial charge in [-0.2, -0.15) is 0 Å². The van der Waals surface area contributed by atoms with E-state index >= 15 is 0 Å². The molecule has 1 heterocycles. The molecule has 3 nitrogen and oxygen atoms in total. The molecule has 0 saturated heterocycles. The zero-order valence-corrected chi connectivity index (χ0v) is 11.8. The van der Waals surface area contributed by atoms with E-state index in [9.17, 15) is 4.89 Å². The van der Waals surface area contributed by atoms with Crippen LogP contribution in [0.3, 0.4) is 0 Å². The Labute approximate surface area is 99.7 Å². The second kappa shape index (κ2) is 4.93. The molecule has 1 unspecified atom stereocenters. The molecule has 1 rings (SSSR count). The molecular formula is C9H16NO2PS2. The fraction of sp³-hybridized carbons (Fsp3) is 0.556. The van der Waals surface area contributed by atoms with Crippen LogP contribution in [0, 0.1) is 13.8 Å².